The zero-order valence-corrected chi connectivity index (χ0v) is 11.6. The number of nitrogens with zero attached hydrogens (tertiary/aromatic N) is 2. The molecule has 1 aromatic rings. The van der Waals surface area contributed by atoms with Gasteiger partial charge in [-0.1, -0.05) is 19.8 Å². The number of rotatable bonds is 4. The maximum absolute atomic E-state index is 12.6. The predicted octanol–water partition coefficient (Wildman–Crippen LogP) is 2.40. The fourth-order valence-corrected chi connectivity index (χ4v) is 3.63. The third-order valence-electron chi connectivity index (χ3n) is 4.58. The van der Waals surface area contributed by atoms with Crippen LogP contribution in [0, 0.1) is 5.92 Å². The van der Waals surface area contributed by atoms with E-state index in [1.165, 1.54) is 25.7 Å². The monoisotopic (exact) mass is 261 g/mol. The lowest BCUT2D eigenvalue weighted by molar-refractivity contribution is 0.0934. The van der Waals surface area contributed by atoms with Crippen molar-refractivity contribution in [2.75, 3.05) is 0 Å². The lowest BCUT2D eigenvalue weighted by atomic mass is 9.85. The number of hydrogen-bond acceptors (Lipinski definition) is 3. The molecule has 4 heteroatoms. The van der Waals surface area contributed by atoms with E-state index in [0.29, 0.717) is 17.8 Å². The maximum atomic E-state index is 12.6. The molecule has 1 N–H and O–H groups in total. The highest BCUT2D eigenvalue weighted by Crippen LogP contribution is 2.33. The van der Waals surface area contributed by atoms with Crippen LogP contribution in [0.1, 0.15) is 56.1 Å². The molecule has 1 saturated heterocycles. The molecule has 1 aliphatic carbocycles. The molecule has 0 bridgehead atoms. The van der Waals surface area contributed by atoms with Crippen molar-refractivity contribution in [3.63, 3.8) is 0 Å². The quantitative estimate of drug-likeness (QED) is 0.847. The van der Waals surface area contributed by atoms with E-state index in [2.05, 4.69) is 17.2 Å². The van der Waals surface area contributed by atoms with Gasteiger partial charge in [0.2, 0.25) is 5.78 Å². The second-order valence-electron chi connectivity index (χ2n) is 5.91. The average Bonchev–Trinajstić information content (AvgIpc) is 3.04. The first-order valence-corrected chi connectivity index (χ1v) is 7.61. The number of fused-ring (bicyclic) bond motifs is 1. The molecule has 4 nitrogen and oxygen atoms in total. The summed E-state index contributed by atoms with van der Waals surface area (Å²) in [5, 5.41) is 3.55. The molecule has 3 unspecified atom stereocenters. The van der Waals surface area contributed by atoms with E-state index in [1.807, 2.05) is 10.8 Å². The largest absolute Gasteiger partial charge is 0.328 e. The number of Topliss-reactive ketones (excluding diaryl/α,β-unsaturated/α-hetero) is 1. The average molecular weight is 261 g/mol. The van der Waals surface area contributed by atoms with Gasteiger partial charge >= 0.3 is 0 Å². The van der Waals surface area contributed by atoms with Crippen LogP contribution in [-0.2, 0) is 6.54 Å². The Hall–Kier alpha value is -1.16. The van der Waals surface area contributed by atoms with Gasteiger partial charge in [0.05, 0.1) is 6.04 Å². The lowest BCUT2D eigenvalue weighted by Gasteiger charge is -2.24. The fraction of sp³-hybridized carbons (Fsp3) is 0.733. The van der Waals surface area contributed by atoms with Gasteiger partial charge < -0.3 is 9.88 Å². The minimum atomic E-state index is -0.00824. The van der Waals surface area contributed by atoms with Gasteiger partial charge in [-0.3, -0.25) is 4.79 Å². The Balaban J connectivity index is 1.72. The van der Waals surface area contributed by atoms with E-state index in [-0.39, 0.29) is 11.8 Å². The smallest absolute Gasteiger partial charge is 0.215 e. The summed E-state index contributed by atoms with van der Waals surface area (Å²) in [6.45, 7) is 3.00. The van der Waals surface area contributed by atoms with Crippen molar-refractivity contribution in [1.82, 2.24) is 14.9 Å². The van der Waals surface area contributed by atoms with Gasteiger partial charge in [-0.2, -0.15) is 0 Å². The van der Waals surface area contributed by atoms with E-state index >= 15 is 0 Å². The van der Waals surface area contributed by atoms with Gasteiger partial charge in [-0.15, -0.1) is 0 Å². The molecule has 0 aromatic carbocycles. The van der Waals surface area contributed by atoms with Gasteiger partial charge in [-0.05, 0) is 31.6 Å². The molecule has 3 atom stereocenters. The van der Waals surface area contributed by atoms with E-state index in [4.69, 9.17) is 0 Å². The summed E-state index contributed by atoms with van der Waals surface area (Å²) in [5.74, 6) is 1.53. The molecule has 0 radical (unpaired) electrons. The topological polar surface area (TPSA) is 46.9 Å². The molecule has 19 heavy (non-hydrogen) atoms. The third kappa shape index (κ3) is 2.46. The van der Waals surface area contributed by atoms with Crippen molar-refractivity contribution in [2.45, 2.75) is 64.1 Å². The SMILES string of the molecule is CCCn1ccnc1C(=O)C1CC2CCCCC2N1. The van der Waals surface area contributed by atoms with E-state index < -0.39 is 0 Å². The predicted molar refractivity (Wildman–Crippen MR) is 74.1 cm³/mol. The highest BCUT2D eigenvalue weighted by atomic mass is 16.1. The second kappa shape index (κ2) is 5.45. The molecule has 2 fully saturated rings. The fourth-order valence-electron chi connectivity index (χ4n) is 3.63. The molecule has 104 valence electrons. The van der Waals surface area contributed by atoms with E-state index in [1.54, 1.807) is 6.20 Å². The van der Waals surface area contributed by atoms with E-state index in [0.717, 1.165) is 19.4 Å². The maximum Gasteiger partial charge on any atom is 0.215 e. The van der Waals surface area contributed by atoms with Crippen molar-refractivity contribution in [2.24, 2.45) is 5.92 Å². The Morgan fingerprint density at radius 1 is 1.47 bits per heavy atom. The van der Waals surface area contributed by atoms with Crippen LogP contribution in [0.2, 0.25) is 0 Å². The first-order chi connectivity index (χ1) is 9.29. The van der Waals surface area contributed by atoms with Crippen LogP contribution < -0.4 is 5.32 Å². The minimum Gasteiger partial charge on any atom is -0.328 e. The van der Waals surface area contributed by atoms with Crippen LogP contribution in [0.25, 0.3) is 0 Å². The Morgan fingerprint density at radius 3 is 3.11 bits per heavy atom. The van der Waals surface area contributed by atoms with Crippen LogP contribution in [0.15, 0.2) is 12.4 Å². The molecule has 2 heterocycles. The van der Waals surface area contributed by atoms with Crippen LogP contribution in [0.5, 0.6) is 0 Å². The zero-order valence-electron chi connectivity index (χ0n) is 11.6. The molecule has 1 saturated carbocycles. The number of aryl methyl sites for hydroxylation is 1. The van der Waals surface area contributed by atoms with Gasteiger partial charge in [0.25, 0.3) is 0 Å². The number of imidazole rings is 1. The summed E-state index contributed by atoms with van der Waals surface area (Å²) < 4.78 is 1.99. The van der Waals surface area contributed by atoms with Crippen molar-refractivity contribution >= 4 is 5.78 Å². The summed E-state index contributed by atoms with van der Waals surface area (Å²) in [6, 6.07) is 0.559. The molecule has 1 aromatic heterocycles. The summed E-state index contributed by atoms with van der Waals surface area (Å²) in [4.78, 5) is 16.9. The molecular weight excluding hydrogens is 238 g/mol. The Bertz CT molecular complexity index is 440. The molecule has 3 rings (SSSR count). The van der Waals surface area contributed by atoms with Crippen LogP contribution in [-0.4, -0.2) is 27.4 Å². The third-order valence-corrected chi connectivity index (χ3v) is 4.58. The standard InChI is InChI=1S/C15H23N3O/c1-2-8-18-9-7-16-15(18)14(19)13-10-11-5-3-4-6-12(11)17-13/h7,9,11-13,17H,2-6,8,10H2,1H3. The molecule has 0 amide bonds. The normalized spacial score (nSPS) is 30.3. The number of ketones is 1. The summed E-state index contributed by atoms with van der Waals surface area (Å²) >= 11 is 0. The van der Waals surface area contributed by atoms with Crippen LogP contribution in [0.4, 0.5) is 0 Å². The number of carbonyl (C=O) groups excluding carboxylic acids is 1. The first-order valence-electron chi connectivity index (χ1n) is 7.61. The Morgan fingerprint density at radius 2 is 2.32 bits per heavy atom. The van der Waals surface area contributed by atoms with Gasteiger partial charge in [-0.25, -0.2) is 4.98 Å². The second-order valence-corrected chi connectivity index (χ2v) is 5.91. The summed E-state index contributed by atoms with van der Waals surface area (Å²) in [6.07, 6.45) is 10.8. The Labute approximate surface area is 114 Å². The van der Waals surface area contributed by atoms with Crippen molar-refractivity contribution in [3.05, 3.63) is 18.2 Å². The number of aromatic nitrogens is 2. The first kappa shape index (κ1) is 12.9. The van der Waals surface area contributed by atoms with Gasteiger partial charge in [0.1, 0.15) is 0 Å². The zero-order chi connectivity index (χ0) is 13.2. The van der Waals surface area contributed by atoms with Crippen molar-refractivity contribution in [1.29, 1.82) is 0 Å². The molecular formula is C15H23N3O. The van der Waals surface area contributed by atoms with Gasteiger partial charge in [0.15, 0.2) is 5.82 Å². The molecule has 2 aliphatic rings. The van der Waals surface area contributed by atoms with Crippen molar-refractivity contribution in [3.8, 4) is 0 Å². The molecule has 0 spiro atoms. The Kier molecular flexibility index (Phi) is 3.69. The van der Waals surface area contributed by atoms with Crippen molar-refractivity contribution < 1.29 is 4.79 Å². The highest BCUT2D eigenvalue weighted by molar-refractivity contribution is 5.97. The lowest BCUT2D eigenvalue weighted by Crippen LogP contribution is -2.38. The van der Waals surface area contributed by atoms with Crippen LogP contribution >= 0.6 is 0 Å². The number of carbonyl (C=O) groups is 1. The highest BCUT2D eigenvalue weighted by Gasteiger charge is 2.39. The van der Waals surface area contributed by atoms with Gasteiger partial charge in [0, 0.05) is 25.0 Å². The van der Waals surface area contributed by atoms with E-state index in [9.17, 15) is 4.79 Å². The molecule has 1 aliphatic heterocycles. The van der Waals surface area contributed by atoms with Crippen LogP contribution in [0.3, 0.4) is 0 Å². The minimum absolute atomic E-state index is 0.00824. The summed E-state index contributed by atoms with van der Waals surface area (Å²) in [7, 11) is 0. The number of nitrogens with one attached hydrogen (secondary N) is 1. The number of hydrogen-bond donors (Lipinski definition) is 1. The summed E-state index contributed by atoms with van der Waals surface area (Å²) in [5.41, 5.74) is 0.